The average Bonchev–Trinajstić information content (AvgIpc) is 1.82. The van der Waals surface area contributed by atoms with Gasteiger partial charge in [0.2, 0.25) is 0 Å². The first kappa shape index (κ1) is 10.0. The minimum atomic E-state index is -0.842. The number of allylic oxidation sites excluding steroid dienone is 2. The molecule has 1 aliphatic carbocycles. The maximum Gasteiger partial charge on any atom is 0.0483 e. The molecule has 0 bridgehead atoms. The highest BCUT2D eigenvalue weighted by Gasteiger charge is 2.18. The quantitative estimate of drug-likeness (QED) is 0.446. The van der Waals surface area contributed by atoms with Crippen molar-refractivity contribution < 1.29 is 0 Å². The van der Waals surface area contributed by atoms with Gasteiger partial charge in [-0.05, 0) is 31.2 Å². The molecule has 0 radical (unpaired) electrons. The number of hydrogen-bond donors (Lipinski definition) is 0. The van der Waals surface area contributed by atoms with Crippen molar-refractivity contribution in [3.8, 4) is 0 Å². The molecule has 0 fully saturated rings. The second-order valence-corrected chi connectivity index (χ2v) is 11.0. The summed E-state index contributed by atoms with van der Waals surface area (Å²) in [5, 5.41) is 0. The summed E-state index contributed by atoms with van der Waals surface area (Å²) in [6.07, 6.45) is 6.62. The lowest BCUT2D eigenvalue weighted by atomic mass is 9.91. The number of rotatable bonds is 2. The summed E-state index contributed by atoms with van der Waals surface area (Å²) in [6.45, 7) is 9.78. The standard InChI is InChI=1S/C11H22Si/c1-10-6-5-7-11(8-10)9-12(2,3)4/h7,10H,5-6,8-9H2,1-4H3/t10-/m1/s1. The van der Waals surface area contributed by atoms with E-state index in [4.69, 9.17) is 0 Å². The lowest BCUT2D eigenvalue weighted by molar-refractivity contribution is 0.509. The molecular weight excluding hydrogens is 160 g/mol. The molecule has 0 N–H and O–H groups in total. The zero-order valence-corrected chi connectivity index (χ0v) is 9.98. The predicted octanol–water partition coefficient (Wildman–Crippen LogP) is 4.07. The van der Waals surface area contributed by atoms with Crippen LogP contribution in [0.4, 0.5) is 0 Å². The van der Waals surface area contributed by atoms with Crippen LogP contribution in [0.5, 0.6) is 0 Å². The third-order valence-electron chi connectivity index (χ3n) is 2.46. The molecule has 0 heterocycles. The largest absolute Gasteiger partial charge is 0.0856 e. The highest BCUT2D eigenvalue weighted by Crippen LogP contribution is 2.29. The van der Waals surface area contributed by atoms with Gasteiger partial charge in [0.05, 0.1) is 0 Å². The summed E-state index contributed by atoms with van der Waals surface area (Å²) in [7, 11) is -0.842. The molecule has 0 aromatic carbocycles. The van der Waals surface area contributed by atoms with Crippen LogP contribution in [-0.4, -0.2) is 8.07 Å². The molecule has 0 spiro atoms. The molecule has 70 valence electrons. The fraction of sp³-hybridized carbons (Fsp3) is 0.818. The van der Waals surface area contributed by atoms with Crippen LogP contribution in [0.1, 0.15) is 26.2 Å². The molecule has 0 aromatic heterocycles. The van der Waals surface area contributed by atoms with Crippen molar-refractivity contribution in [1.82, 2.24) is 0 Å². The Kier molecular flexibility index (Phi) is 3.16. The Morgan fingerprint density at radius 3 is 2.58 bits per heavy atom. The summed E-state index contributed by atoms with van der Waals surface area (Å²) in [5.41, 5.74) is 1.76. The van der Waals surface area contributed by atoms with Gasteiger partial charge in [0, 0.05) is 8.07 Å². The Hall–Kier alpha value is -0.0431. The van der Waals surface area contributed by atoms with Crippen LogP contribution in [0.15, 0.2) is 11.6 Å². The third kappa shape index (κ3) is 3.57. The van der Waals surface area contributed by atoms with Crippen LogP contribution in [-0.2, 0) is 0 Å². The fourth-order valence-corrected chi connectivity index (χ4v) is 3.68. The van der Waals surface area contributed by atoms with E-state index in [0.29, 0.717) is 0 Å². The van der Waals surface area contributed by atoms with E-state index in [1.54, 1.807) is 5.57 Å². The Balaban J connectivity index is 2.47. The van der Waals surface area contributed by atoms with Gasteiger partial charge in [0.15, 0.2) is 0 Å². The lowest BCUT2D eigenvalue weighted by Crippen LogP contribution is -2.21. The molecule has 0 amide bonds. The Morgan fingerprint density at radius 2 is 2.08 bits per heavy atom. The van der Waals surface area contributed by atoms with Crippen LogP contribution in [0.2, 0.25) is 25.7 Å². The summed E-state index contributed by atoms with van der Waals surface area (Å²) in [6, 6.07) is 1.43. The van der Waals surface area contributed by atoms with E-state index in [1.807, 2.05) is 0 Å². The normalized spacial score (nSPS) is 25.3. The van der Waals surface area contributed by atoms with Crippen LogP contribution in [0.3, 0.4) is 0 Å². The summed E-state index contributed by atoms with van der Waals surface area (Å²) in [5.74, 6) is 0.946. The minimum Gasteiger partial charge on any atom is -0.0856 e. The van der Waals surface area contributed by atoms with E-state index in [0.717, 1.165) is 5.92 Å². The SMILES string of the molecule is C[C@@H]1CCC=C(C[Si](C)(C)C)C1. The predicted molar refractivity (Wildman–Crippen MR) is 59.3 cm³/mol. The van der Waals surface area contributed by atoms with Gasteiger partial charge in [-0.3, -0.25) is 0 Å². The van der Waals surface area contributed by atoms with Gasteiger partial charge in [0.25, 0.3) is 0 Å². The van der Waals surface area contributed by atoms with Crippen LogP contribution >= 0.6 is 0 Å². The molecule has 0 aromatic rings. The fourth-order valence-electron chi connectivity index (χ4n) is 2.03. The van der Waals surface area contributed by atoms with Gasteiger partial charge >= 0.3 is 0 Å². The van der Waals surface area contributed by atoms with Crippen molar-refractivity contribution >= 4 is 8.07 Å². The highest BCUT2D eigenvalue weighted by molar-refractivity contribution is 6.76. The molecule has 1 heteroatoms. The van der Waals surface area contributed by atoms with Crippen molar-refractivity contribution in [3.63, 3.8) is 0 Å². The van der Waals surface area contributed by atoms with Crippen LogP contribution in [0.25, 0.3) is 0 Å². The molecule has 0 saturated carbocycles. The highest BCUT2D eigenvalue weighted by atomic mass is 28.3. The molecule has 1 atom stereocenters. The van der Waals surface area contributed by atoms with Gasteiger partial charge in [-0.1, -0.05) is 38.2 Å². The van der Waals surface area contributed by atoms with E-state index in [-0.39, 0.29) is 0 Å². The first-order valence-corrected chi connectivity index (χ1v) is 8.86. The van der Waals surface area contributed by atoms with Crippen molar-refractivity contribution in [1.29, 1.82) is 0 Å². The molecule has 0 nitrogen and oxygen atoms in total. The second kappa shape index (κ2) is 3.78. The Morgan fingerprint density at radius 1 is 1.42 bits per heavy atom. The topological polar surface area (TPSA) is 0 Å². The maximum atomic E-state index is 2.50. The molecule has 0 saturated heterocycles. The molecule has 1 aliphatic rings. The van der Waals surface area contributed by atoms with Gasteiger partial charge < -0.3 is 0 Å². The van der Waals surface area contributed by atoms with Gasteiger partial charge in [-0.25, -0.2) is 0 Å². The zero-order valence-electron chi connectivity index (χ0n) is 8.98. The minimum absolute atomic E-state index is 0.842. The Labute approximate surface area is 78.1 Å². The van der Waals surface area contributed by atoms with Crippen molar-refractivity contribution in [2.24, 2.45) is 5.92 Å². The molecule has 0 aliphatic heterocycles. The van der Waals surface area contributed by atoms with Gasteiger partial charge in [-0.15, -0.1) is 0 Å². The van der Waals surface area contributed by atoms with Crippen molar-refractivity contribution in [2.75, 3.05) is 0 Å². The third-order valence-corrected chi connectivity index (χ3v) is 3.98. The van der Waals surface area contributed by atoms with E-state index < -0.39 is 8.07 Å². The summed E-state index contributed by atoms with van der Waals surface area (Å²) in [4.78, 5) is 0. The van der Waals surface area contributed by atoms with Gasteiger partial charge in [-0.2, -0.15) is 0 Å². The monoisotopic (exact) mass is 182 g/mol. The van der Waals surface area contributed by atoms with E-state index in [1.165, 1.54) is 25.3 Å². The Bertz CT molecular complexity index is 174. The maximum absolute atomic E-state index is 2.50. The second-order valence-electron chi connectivity index (χ2n) is 5.49. The lowest BCUT2D eigenvalue weighted by Gasteiger charge is -2.24. The molecule has 12 heavy (non-hydrogen) atoms. The van der Waals surface area contributed by atoms with Crippen molar-refractivity contribution in [2.45, 2.75) is 51.9 Å². The van der Waals surface area contributed by atoms with Crippen LogP contribution in [0, 0.1) is 5.92 Å². The molecule has 0 unspecified atom stereocenters. The first-order chi connectivity index (χ1) is 5.47. The first-order valence-electron chi connectivity index (χ1n) is 5.15. The van der Waals surface area contributed by atoms with Crippen molar-refractivity contribution in [3.05, 3.63) is 11.6 Å². The summed E-state index contributed by atoms with van der Waals surface area (Å²) < 4.78 is 0. The number of hydrogen-bond acceptors (Lipinski definition) is 0. The van der Waals surface area contributed by atoms with E-state index in [9.17, 15) is 0 Å². The van der Waals surface area contributed by atoms with Crippen LogP contribution < -0.4 is 0 Å². The smallest absolute Gasteiger partial charge is 0.0483 e. The van der Waals surface area contributed by atoms with E-state index >= 15 is 0 Å². The zero-order chi connectivity index (χ0) is 9.19. The van der Waals surface area contributed by atoms with E-state index in [2.05, 4.69) is 32.6 Å². The average molecular weight is 182 g/mol. The summed E-state index contributed by atoms with van der Waals surface area (Å²) >= 11 is 0. The molecule has 1 rings (SSSR count). The van der Waals surface area contributed by atoms with Gasteiger partial charge in [0.1, 0.15) is 0 Å². The molecular formula is C11H22Si.